The molecule has 3 aromatic heterocycles. The number of pyridine rings is 1. The van der Waals surface area contributed by atoms with Crippen molar-refractivity contribution in [1.29, 1.82) is 0 Å². The molecule has 0 radical (unpaired) electrons. The third-order valence-electron chi connectivity index (χ3n) is 9.80. The Morgan fingerprint density at radius 3 is 2.45 bits per heavy atom. The van der Waals surface area contributed by atoms with Crippen molar-refractivity contribution in [3.63, 3.8) is 0 Å². The maximum absolute atomic E-state index is 14.4. The van der Waals surface area contributed by atoms with Gasteiger partial charge >= 0.3 is 0 Å². The number of nitrogens with one attached hydrogen (secondary N) is 2. The van der Waals surface area contributed by atoms with Gasteiger partial charge in [-0.3, -0.25) is 23.9 Å². The van der Waals surface area contributed by atoms with Crippen molar-refractivity contribution in [2.24, 2.45) is 5.41 Å². The molecule has 5 aromatic rings. The van der Waals surface area contributed by atoms with Crippen LogP contribution in [0, 0.1) is 32.0 Å². The summed E-state index contributed by atoms with van der Waals surface area (Å²) < 4.78 is 16.4. The second-order valence-corrected chi connectivity index (χ2v) is 14.1. The second kappa shape index (κ2) is 13.1. The zero-order valence-electron chi connectivity index (χ0n) is 28.3. The van der Waals surface area contributed by atoms with Gasteiger partial charge in [0, 0.05) is 48.3 Å². The van der Waals surface area contributed by atoms with E-state index in [0.717, 1.165) is 22.3 Å². The van der Waals surface area contributed by atoms with E-state index in [1.165, 1.54) is 29.8 Å². The van der Waals surface area contributed by atoms with Crippen LogP contribution in [0.15, 0.2) is 65.5 Å². The summed E-state index contributed by atoms with van der Waals surface area (Å²) in [7, 11) is 0. The molecule has 1 aliphatic carbocycles. The van der Waals surface area contributed by atoms with Crippen LogP contribution in [0.1, 0.15) is 57.6 Å². The summed E-state index contributed by atoms with van der Waals surface area (Å²) in [5.41, 5.74) is 3.29. The van der Waals surface area contributed by atoms with E-state index in [4.69, 9.17) is 0 Å². The lowest BCUT2D eigenvalue weighted by Crippen LogP contribution is -2.47. The van der Waals surface area contributed by atoms with Crippen LogP contribution in [0.5, 0.6) is 0 Å². The number of rotatable bonds is 9. The topological polar surface area (TPSA) is 152 Å². The number of amides is 3. The molecule has 4 heterocycles. The summed E-state index contributed by atoms with van der Waals surface area (Å²) in [4.78, 5) is 68.6. The van der Waals surface area contributed by atoms with Crippen LogP contribution in [-0.2, 0) is 16.1 Å². The van der Waals surface area contributed by atoms with E-state index in [2.05, 4.69) is 46.6 Å². The Morgan fingerprint density at radius 1 is 0.980 bits per heavy atom. The van der Waals surface area contributed by atoms with Crippen LogP contribution < -0.4 is 10.6 Å². The number of aromatic nitrogens is 5. The van der Waals surface area contributed by atoms with Crippen molar-refractivity contribution in [3.8, 4) is 11.1 Å². The number of carbonyl (C=O) groups is 4. The molecule has 0 spiro atoms. The average Bonchev–Trinajstić information content (AvgIpc) is 3.50. The highest BCUT2D eigenvalue weighted by Gasteiger charge is 2.67. The molecular weight excluding hydrogens is 719 g/mol. The molecular formula is C37H34BrFN8O4. The first-order valence-corrected chi connectivity index (χ1v) is 17.2. The summed E-state index contributed by atoms with van der Waals surface area (Å²) in [6, 6.07) is 11.8. The molecule has 7 rings (SSSR count). The average molecular weight is 754 g/mol. The number of piperidine rings is 1. The molecule has 2 fully saturated rings. The van der Waals surface area contributed by atoms with Gasteiger partial charge in [0.25, 0.3) is 5.91 Å². The van der Waals surface area contributed by atoms with E-state index < -0.39 is 29.1 Å². The van der Waals surface area contributed by atoms with Gasteiger partial charge in [-0.05, 0) is 96.6 Å². The molecule has 51 heavy (non-hydrogen) atoms. The summed E-state index contributed by atoms with van der Waals surface area (Å²) >= 11 is 3.35. The number of hydrogen-bond donors (Lipinski definition) is 2. The number of likely N-dealkylation sites (tertiary alicyclic amines) is 1. The fraction of sp³-hybridized carbons (Fsp3) is 0.297. The number of Topliss-reactive ketones (excluding diaryl/α,β-unsaturated/α-hetero) is 1. The number of halogens is 2. The van der Waals surface area contributed by atoms with Gasteiger partial charge in [0.05, 0.1) is 11.1 Å². The molecule has 3 atom stereocenters. The fourth-order valence-electron chi connectivity index (χ4n) is 7.12. The van der Waals surface area contributed by atoms with Crippen molar-refractivity contribution in [2.75, 3.05) is 11.9 Å². The Labute approximate surface area is 301 Å². The molecule has 260 valence electrons. The predicted molar refractivity (Wildman–Crippen MR) is 190 cm³/mol. The van der Waals surface area contributed by atoms with Gasteiger partial charge in [0.2, 0.25) is 11.8 Å². The van der Waals surface area contributed by atoms with E-state index in [0.29, 0.717) is 33.6 Å². The number of hydrogen-bond acceptors (Lipinski definition) is 8. The largest absolute Gasteiger partial charge is 0.351 e. The van der Waals surface area contributed by atoms with Crippen LogP contribution in [0.2, 0.25) is 0 Å². The van der Waals surface area contributed by atoms with Crippen LogP contribution in [0.25, 0.3) is 22.0 Å². The standard InChI is InChI=1S/C37H34BrFN8O4/c1-19-9-10-30(38)43-34(19)44-36(51)28-13-37(18-42-35(50)25-7-5-6-8-27(25)39)14-29(37)47(28)31(49)17-46-33-20(2)11-23(24-15-40-22(4)41-16-24)12-26(33)32(45-46)21(3)48/h5-12,15-16,28-29H,13-14,17-18H2,1-4H3,(H,42,50)(H,43,44,51)/t28-,29+,37-/m0/s1. The van der Waals surface area contributed by atoms with E-state index in [1.807, 2.05) is 32.0 Å². The molecule has 1 saturated carbocycles. The summed E-state index contributed by atoms with van der Waals surface area (Å²) in [5.74, 6) is -1.25. The minimum atomic E-state index is -0.884. The van der Waals surface area contributed by atoms with Crippen molar-refractivity contribution in [3.05, 3.63) is 99.6 Å². The number of nitrogens with zero attached hydrogens (tertiary/aromatic N) is 6. The molecule has 0 bridgehead atoms. The Balaban J connectivity index is 1.20. The Morgan fingerprint density at radius 2 is 1.73 bits per heavy atom. The SMILES string of the molecule is CC(=O)c1nn(CC(=O)N2[C@H](C(=O)Nc3nc(Br)ccc3C)C[C@@]3(CNC(=O)c4ccccc4F)C[C@@H]23)c2c(C)cc(-c3cnc(C)nc3)cc12. The molecule has 2 aromatic carbocycles. The monoisotopic (exact) mass is 752 g/mol. The van der Waals surface area contributed by atoms with E-state index >= 15 is 0 Å². The minimum Gasteiger partial charge on any atom is -0.351 e. The second-order valence-electron chi connectivity index (χ2n) is 13.3. The number of anilines is 1. The number of aryl methyl sites for hydroxylation is 3. The van der Waals surface area contributed by atoms with Crippen molar-refractivity contribution < 1.29 is 23.6 Å². The summed E-state index contributed by atoms with van der Waals surface area (Å²) in [6.45, 7) is 6.85. The molecule has 2 N–H and O–H groups in total. The lowest BCUT2D eigenvalue weighted by molar-refractivity contribution is -0.138. The van der Waals surface area contributed by atoms with Crippen LogP contribution in [0.4, 0.5) is 10.2 Å². The number of fused-ring (bicyclic) bond motifs is 2. The maximum atomic E-state index is 14.4. The van der Waals surface area contributed by atoms with Gasteiger partial charge < -0.3 is 15.5 Å². The number of benzene rings is 2. The smallest absolute Gasteiger partial charge is 0.254 e. The Kier molecular flexibility index (Phi) is 8.74. The number of ketones is 1. The fourth-order valence-corrected chi connectivity index (χ4v) is 7.43. The normalized spacial score (nSPS) is 19.1. The van der Waals surface area contributed by atoms with Crippen LogP contribution >= 0.6 is 15.9 Å². The minimum absolute atomic E-state index is 0.0807. The van der Waals surface area contributed by atoms with Gasteiger partial charge in [-0.25, -0.2) is 19.3 Å². The van der Waals surface area contributed by atoms with Gasteiger partial charge in [-0.2, -0.15) is 5.10 Å². The van der Waals surface area contributed by atoms with E-state index in [1.54, 1.807) is 36.4 Å². The zero-order chi connectivity index (χ0) is 36.2. The first-order valence-electron chi connectivity index (χ1n) is 16.4. The first kappa shape index (κ1) is 34.1. The Hall–Kier alpha value is -5.37. The lowest BCUT2D eigenvalue weighted by atomic mass is 9.98. The highest BCUT2D eigenvalue weighted by atomic mass is 79.9. The highest BCUT2D eigenvalue weighted by Crippen LogP contribution is 2.59. The molecule has 14 heteroatoms. The Bertz CT molecular complexity index is 2260. The predicted octanol–water partition coefficient (Wildman–Crippen LogP) is 5.35. The quantitative estimate of drug-likeness (QED) is 0.151. The number of carbonyl (C=O) groups excluding carboxylic acids is 4. The molecule has 12 nitrogen and oxygen atoms in total. The summed E-state index contributed by atoms with van der Waals surface area (Å²) in [6.07, 6.45) is 4.26. The highest BCUT2D eigenvalue weighted by molar-refractivity contribution is 9.10. The van der Waals surface area contributed by atoms with Gasteiger partial charge in [-0.1, -0.05) is 18.2 Å². The van der Waals surface area contributed by atoms with Crippen LogP contribution in [0.3, 0.4) is 0 Å². The molecule has 0 unspecified atom stereocenters. The van der Waals surface area contributed by atoms with Crippen molar-refractivity contribution >= 4 is 56.2 Å². The zero-order valence-corrected chi connectivity index (χ0v) is 29.9. The van der Waals surface area contributed by atoms with Gasteiger partial charge in [0.1, 0.15) is 40.3 Å². The summed E-state index contributed by atoms with van der Waals surface area (Å²) in [5, 5.41) is 10.9. The third-order valence-corrected chi connectivity index (χ3v) is 10.2. The van der Waals surface area contributed by atoms with E-state index in [-0.39, 0.29) is 48.5 Å². The first-order chi connectivity index (χ1) is 24.3. The van der Waals surface area contributed by atoms with E-state index in [9.17, 15) is 23.6 Å². The maximum Gasteiger partial charge on any atom is 0.254 e. The molecule has 1 aliphatic heterocycles. The third kappa shape index (κ3) is 6.39. The molecule has 3 amide bonds. The van der Waals surface area contributed by atoms with Crippen molar-refractivity contribution in [1.82, 2.24) is 34.9 Å². The van der Waals surface area contributed by atoms with Crippen molar-refractivity contribution in [2.45, 2.75) is 59.2 Å². The lowest BCUT2D eigenvalue weighted by Gasteiger charge is -2.27. The molecule has 2 aliphatic rings. The van der Waals surface area contributed by atoms with Gasteiger partial charge in [-0.15, -0.1) is 0 Å². The molecule has 1 saturated heterocycles. The van der Waals surface area contributed by atoms with Gasteiger partial charge in [0.15, 0.2) is 5.78 Å². The van der Waals surface area contributed by atoms with Crippen LogP contribution in [-0.4, -0.2) is 71.8 Å².